The number of hydrogen-bond donors (Lipinski definition) is 0. The summed E-state index contributed by atoms with van der Waals surface area (Å²) in [6.45, 7) is 6.89. The van der Waals surface area contributed by atoms with E-state index in [1.807, 2.05) is 0 Å². The first-order valence-electron chi connectivity index (χ1n) is 8.92. The lowest BCUT2D eigenvalue weighted by Crippen LogP contribution is -2.37. The van der Waals surface area contributed by atoms with Crippen molar-refractivity contribution in [2.24, 2.45) is 0 Å². The zero-order chi connectivity index (χ0) is 21.1. The fourth-order valence-corrected chi connectivity index (χ4v) is 3.23. The molecule has 0 spiro atoms. The van der Waals surface area contributed by atoms with Gasteiger partial charge in [0.1, 0.15) is 17.7 Å². The van der Waals surface area contributed by atoms with Gasteiger partial charge in [-0.1, -0.05) is 22.9 Å². The summed E-state index contributed by atoms with van der Waals surface area (Å²) >= 11 is 3.28. The molecule has 150 valence electrons. The van der Waals surface area contributed by atoms with Crippen molar-refractivity contribution in [3.63, 3.8) is 0 Å². The maximum atomic E-state index is 14.7. The highest BCUT2D eigenvalue weighted by Crippen LogP contribution is 2.27. The smallest absolute Gasteiger partial charge is 0.334 e. The zero-order valence-electron chi connectivity index (χ0n) is 16.3. The minimum absolute atomic E-state index is 0.0102. The molecule has 1 aromatic heterocycles. The Morgan fingerprint density at radius 3 is 2.57 bits per heavy atom. The van der Waals surface area contributed by atoms with Crippen LogP contribution < -0.4 is 5.56 Å². The average Bonchev–Trinajstić information content (AvgIpc) is 2.59. The van der Waals surface area contributed by atoms with Gasteiger partial charge in [0, 0.05) is 28.2 Å². The number of hydrogen-bond acceptors (Lipinski definition) is 4. The second-order valence-electron chi connectivity index (χ2n) is 7.41. The summed E-state index contributed by atoms with van der Waals surface area (Å²) in [5.41, 5.74) is -0.239. The molecule has 0 N–H and O–H groups in total. The molecule has 28 heavy (non-hydrogen) atoms. The molecular formula is C21H23BrFNO4. The number of aldehydes is 1. The SMILES string of the molecule is CCc1cc(CC=O)cn(C(C(=O)OC(C)(C)C)c2cc(Br)ccc2F)c1=O. The molecule has 1 unspecified atom stereocenters. The van der Waals surface area contributed by atoms with Gasteiger partial charge in [0.25, 0.3) is 5.56 Å². The number of ether oxygens (including phenoxy) is 1. The molecular weight excluding hydrogens is 429 g/mol. The third-order valence-corrected chi connectivity index (χ3v) is 4.53. The topological polar surface area (TPSA) is 65.4 Å². The summed E-state index contributed by atoms with van der Waals surface area (Å²) in [4.78, 5) is 37.0. The van der Waals surface area contributed by atoms with Crippen LogP contribution in [0.3, 0.4) is 0 Å². The molecule has 1 heterocycles. The number of carbonyl (C=O) groups is 2. The predicted octanol–water partition coefficient (Wildman–Crippen LogP) is 3.98. The van der Waals surface area contributed by atoms with Crippen LogP contribution in [0.15, 0.2) is 39.7 Å². The van der Waals surface area contributed by atoms with Gasteiger partial charge in [0.05, 0.1) is 0 Å². The Bertz CT molecular complexity index is 946. The zero-order valence-corrected chi connectivity index (χ0v) is 17.9. The summed E-state index contributed by atoms with van der Waals surface area (Å²) in [5, 5.41) is 0. The molecule has 2 rings (SSSR count). The fraction of sp³-hybridized carbons (Fsp3) is 0.381. The van der Waals surface area contributed by atoms with Crippen molar-refractivity contribution in [1.82, 2.24) is 4.57 Å². The maximum Gasteiger partial charge on any atom is 0.334 e. The van der Waals surface area contributed by atoms with Crippen molar-refractivity contribution < 1.29 is 18.7 Å². The standard InChI is InChI=1S/C21H23BrFNO4/c1-5-14-10-13(8-9-25)12-24(19(14)26)18(20(27)28-21(2,3)4)16-11-15(22)6-7-17(16)23/h6-7,9-12,18H,5,8H2,1-4H3. The van der Waals surface area contributed by atoms with E-state index in [0.29, 0.717) is 28.3 Å². The van der Waals surface area contributed by atoms with Crippen molar-refractivity contribution in [2.45, 2.75) is 52.2 Å². The van der Waals surface area contributed by atoms with Gasteiger partial charge < -0.3 is 9.53 Å². The van der Waals surface area contributed by atoms with Gasteiger partial charge in [0.15, 0.2) is 6.04 Å². The van der Waals surface area contributed by atoms with E-state index >= 15 is 0 Å². The molecule has 2 aromatic rings. The number of rotatable bonds is 6. The van der Waals surface area contributed by atoms with Gasteiger partial charge in [-0.05, 0) is 57.0 Å². The number of halogens is 2. The highest BCUT2D eigenvalue weighted by Gasteiger charge is 2.32. The van der Waals surface area contributed by atoms with Crippen molar-refractivity contribution in [3.05, 3.63) is 67.8 Å². The molecule has 0 saturated heterocycles. The molecule has 1 atom stereocenters. The number of aromatic nitrogens is 1. The van der Waals surface area contributed by atoms with Gasteiger partial charge in [0.2, 0.25) is 0 Å². The highest BCUT2D eigenvalue weighted by atomic mass is 79.9. The predicted molar refractivity (Wildman–Crippen MR) is 108 cm³/mol. The monoisotopic (exact) mass is 451 g/mol. The summed E-state index contributed by atoms with van der Waals surface area (Å²) < 4.78 is 21.9. The summed E-state index contributed by atoms with van der Waals surface area (Å²) in [6.07, 6.45) is 2.62. The van der Waals surface area contributed by atoms with E-state index in [-0.39, 0.29) is 12.0 Å². The van der Waals surface area contributed by atoms with Crippen molar-refractivity contribution in [2.75, 3.05) is 0 Å². The molecule has 0 aliphatic heterocycles. The van der Waals surface area contributed by atoms with Crippen LogP contribution in [0, 0.1) is 5.82 Å². The van der Waals surface area contributed by atoms with E-state index in [1.165, 1.54) is 24.4 Å². The van der Waals surface area contributed by atoms with Gasteiger partial charge in [-0.15, -0.1) is 0 Å². The highest BCUT2D eigenvalue weighted by molar-refractivity contribution is 9.10. The lowest BCUT2D eigenvalue weighted by atomic mass is 10.0. The summed E-state index contributed by atoms with van der Waals surface area (Å²) in [5.74, 6) is -1.39. The van der Waals surface area contributed by atoms with Crippen LogP contribution in [0.2, 0.25) is 0 Å². The van der Waals surface area contributed by atoms with E-state index in [4.69, 9.17) is 4.74 Å². The van der Waals surface area contributed by atoms with Gasteiger partial charge in [-0.3, -0.25) is 9.36 Å². The first-order chi connectivity index (χ1) is 13.1. The lowest BCUT2D eigenvalue weighted by molar-refractivity contribution is -0.157. The van der Waals surface area contributed by atoms with E-state index < -0.39 is 29.0 Å². The molecule has 0 radical (unpaired) electrons. The van der Waals surface area contributed by atoms with E-state index in [2.05, 4.69) is 15.9 Å². The molecule has 0 amide bonds. The molecule has 0 bridgehead atoms. The number of benzene rings is 1. The van der Waals surface area contributed by atoms with Crippen molar-refractivity contribution in [1.29, 1.82) is 0 Å². The third-order valence-electron chi connectivity index (χ3n) is 4.03. The maximum absolute atomic E-state index is 14.7. The first-order valence-corrected chi connectivity index (χ1v) is 9.72. The van der Waals surface area contributed by atoms with Crippen LogP contribution in [0.25, 0.3) is 0 Å². The van der Waals surface area contributed by atoms with Crippen LogP contribution in [-0.4, -0.2) is 22.4 Å². The molecule has 0 aliphatic rings. The normalized spacial score (nSPS) is 12.5. The number of esters is 1. The molecule has 0 aliphatic carbocycles. The Morgan fingerprint density at radius 1 is 1.32 bits per heavy atom. The van der Waals surface area contributed by atoms with Gasteiger partial charge >= 0.3 is 5.97 Å². The molecule has 5 nitrogen and oxygen atoms in total. The first kappa shape index (κ1) is 22.0. The Kier molecular flexibility index (Phi) is 6.93. The Labute approximate surface area is 171 Å². The Morgan fingerprint density at radius 2 is 2.00 bits per heavy atom. The summed E-state index contributed by atoms with van der Waals surface area (Å²) in [7, 11) is 0. The molecule has 0 fully saturated rings. The van der Waals surface area contributed by atoms with Crippen LogP contribution in [0.1, 0.15) is 50.4 Å². The van der Waals surface area contributed by atoms with Crippen LogP contribution in [0.4, 0.5) is 4.39 Å². The van der Waals surface area contributed by atoms with Crippen molar-refractivity contribution in [3.8, 4) is 0 Å². The van der Waals surface area contributed by atoms with E-state index in [1.54, 1.807) is 33.8 Å². The van der Waals surface area contributed by atoms with Gasteiger partial charge in [-0.25, -0.2) is 9.18 Å². The molecule has 1 aromatic carbocycles. The van der Waals surface area contributed by atoms with E-state index in [0.717, 1.165) is 4.57 Å². The minimum atomic E-state index is -1.32. The number of pyridine rings is 1. The second kappa shape index (κ2) is 8.82. The van der Waals surface area contributed by atoms with Gasteiger partial charge in [-0.2, -0.15) is 0 Å². The van der Waals surface area contributed by atoms with Crippen LogP contribution in [0.5, 0.6) is 0 Å². The minimum Gasteiger partial charge on any atom is -0.458 e. The molecule has 7 heteroatoms. The fourth-order valence-electron chi connectivity index (χ4n) is 2.85. The quantitative estimate of drug-likeness (QED) is 0.491. The lowest BCUT2D eigenvalue weighted by Gasteiger charge is -2.26. The summed E-state index contributed by atoms with van der Waals surface area (Å²) in [6, 6.07) is 4.50. The van der Waals surface area contributed by atoms with Crippen LogP contribution in [-0.2, 0) is 27.2 Å². The van der Waals surface area contributed by atoms with E-state index in [9.17, 15) is 18.8 Å². The number of carbonyl (C=O) groups excluding carboxylic acids is 2. The average molecular weight is 452 g/mol. The number of aryl methyl sites for hydroxylation is 1. The Balaban J connectivity index is 2.77. The van der Waals surface area contributed by atoms with Crippen LogP contribution >= 0.6 is 15.9 Å². The van der Waals surface area contributed by atoms with Crippen molar-refractivity contribution >= 4 is 28.2 Å². The molecule has 0 saturated carbocycles. The number of nitrogens with zero attached hydrogens (tertiary/aromatic N) is 1. The largest absolute Gasteiger partial charge is 0.458 e. The Hall–Kier alpha value is -2.28. The second-order valence-corrected chi connectivity index (χ2v) is 8.33. The third kappa shape index (κ3) is 5.16.